The Kier molecular flexibility index (Phi) is 9.34. The molecule has 2 aromatic rings. The van der Waals surface area contributed by atoms with E-state index in [0.29, 0.717) is 35.8 Å². The average molecular weight is 382 g/mol. The minimum Gasteiger partial charge on any atom is -0.492 e. The molecule has 0 fully saturated rings. The van der Waals surface area contributed by atoms with E-state index in [4.69, 9.17) is 9.47 Å². The maximum absolute atomic E-state index is 11.5. The number of aldehydes is 1. The molecule has 0 bridgehead atoms. The van der Waals surface area contributed by atoms with Gasteiger partial charge in [-0.2, -0.15) is 5.26 Å². The predicted octanol–water partition coefficient (Wildman–Crippen LogP) is 6.44. The quantitative estimate of drug-likeness (QED) is 0.296. The van der Waals surface area contributed by atoms with E-state index < -0.39 is 0 Å². The van der Waals surface area contributed by atoms with Gasteiger partial charge in [-0.1, -0.05) is 52.4 Å². The predicted molar refractivity (Wildman–Crippen MR) is 113 cm³/mol. The van der Waals surface area contributed by atoms with E-state index in [2.05, 4.69) is 19.9 Å². The number of ether oxygens (including phenoxy) is 2. The largest absolute Gasteiger partial charge is 0.492 e. The third-order valence-electron chi connectivity index (χ3n) is 4.87. The molecule has 0 unspecified atom stereocenters. The first kappa shape index (κ1) is 21.8. The van der Waals surface area contributed by atoms with Crippen LogP contribution in [0.5, 0.6) is 11.5 Å². The Hall–Kier alpha value is -2.54. The standard InChI is InChI=1S/C24H31NO3/c1-3-5-7-9-15-27-23-19(17-25)11-13-22-21(23)14-12-20(18-26)24(22)28-16-10-8-6-4-2/h11-14,18H,3-10,15-16H2,1-2H3. The van der Waals surface area contributed by atoms with Crippen molar-refractivity contribution < 1.29 is 14.3 Å². The average Bonchev–Trinajstić information content (AvgIpc) is 2.73. The van der Waals surface area contributed by atoms with Crippen LogP contribution >= 0.6 is 0 Å². The molecular formula is C24H31NO3. The Bertz CT molecular complexity index is 808. The van der Waals surface area contributed by atoms with E-state index in [1.807, 2.05) is 12.1 Å². The molecule has 0 N–H and O–H groups in total. The van der Waals surface area contributed by atoms with Crippen molar-refractivity contribution in [1.29, 1.82) is 5.26 Å². The van der Waals surface area contributed by atoms with Gasteiger partial charge in [-0.3, -0.25) is 4.79 Å². The summed E-state index contributed by atoms with van der Waals surface area (Å²) in [6, 6.07) is 9.43. The molecule has 0 amide bonds. The van der Waals surface area contributed by atoms with E-state index in [0.717, 1.165) is 42.7 Å². The number of hydrogen-bond donors (Lipinski definition) is 0. The fourth-order valence-electron chi connectivity index (χ4n) is 3.27. The Morgan fingerprint density at radius 2 is 1.39 bits per heavy atom. The second kappa shape index (κ2) is 12.0. The molecule has 4 heteroatoms. The van der Waals surface area contributed by atoms with Gasteiger partial charge in [-0.25, -0.2) is 0 Å². The van der Waals surface area contributed by atoms with Crippen molar-refractivity contribution in [1.82, 2.24) is 0 Å². The summed E-state index contributed by atoms with van der Waals surface area (Å²) in [5.41, 5.74) is 1.04. The van der Waals surface area contributed by atoms with E-state index in [9.17, 15) is 10.1 Å². The molecular weight excluding hydrogens is 350 g/mol. The molecule has 0 saturated heterocycles. The van der Waals surface area contributed by atoms with Crippen molar-refractivity contribution in [3.63, 3.8) is 0 Å². The van der Waals surface area contributed by atoms with Crippen LogP contribution in [0.2, 0.25) is 0 Å². The lowest BCUT2D eigenvalue weighted by atomic mass is 10.0. The van der Waals surface area contributed by atoms with E-state index >= 15 is 0 Å². The summed E-state index contributed by atoms with van der Waals surface area (Å²) >= 11 is 0. The van der Waals surface area contributed by atoms with Crippen molar-refractivity contribution >= 4 is 17.1 Å². The Morgan fingerprint density at radius 1 is 0.821 bits per heavy atom. The fourth-order valence-corrected chi connectivity index (χ4v) is 3.27. The molecule has 0 saturated carbocycles. The van der Waals surface area contributed by atoms with E-state index in [1.165, 1.54) is 25.7 Å². The van der Waals surface area contributed by atoms with Crippen LogP contribution in [0.25, 0.3) is 10.8 Å². The van der Waals surface area contributed by atoms with Crippen LogP contribution in [-0.4, -0.2) is 19.5 Å². The summed E-state index contributed by atoms with van der Waals surface area (Å²) in [4.78, 5) is 11.5. The van der Waals surface area contributed by atoms with Crippen molar-refractivity contribution in [2.45, 2.75) is 65.2 Å². The van der Waals surface area contributed by atoms with Gasteiger partial charge in [0.1, 0.15) is 17.6 Å². The van der Waals surface area contributed by atoms with Gasteiger partial charge < -0.3 is 9.47 Å². The number of hydrogen-bond acceptors (Lipinski definition) is 4. The molecule has 0 spiro atoms. The fraction of sp³-hybridized carbons (Fsp3) is 0.500. The molecule has 0 aliphatic heterocycles. The molecule has 28 heavy (non-hydrogen) atoms. The number of fused-ring (bicyclic) bond motifs is 1. The van der Waals surface area contributed by atoms with Crippen LogP contribution in [0.3, 0.4) is 0 Å². The molecule has 0 atom stereocenters. The molecule has 0 radical (unpaired) electrons. The molecule has 0 aromatic heterocycles. The lowest BCUT2D eigenvalue weighted by Crippen LogP contribution is -2.03. The topological polar surface area (TPSA) is 59.3 Å². The number of rotatable bonds is 13. The number of unbranched alkanes of at least 4 members (excludes halogenated alkanes) is 6. The SMILES string of the molecule is CCCCCCOc1c(C#N)ccc2c(OCCCCCC)c(C=O)ccc12. The number of nitrogens with zero attached hydrogens (tertiary/aromatic N) is 1. The monoisotopic (exact) mass is 381 g/mol. The van der Waals surface area contributed by atoms with Gasteiger partial charge in [-0.15, -0.1) is 0 Å². The highest BCUT2D eigenvalue weighted by molar-refractivity contribution is 6.00. The molecule has 2 rings (SSSR count). The van der Waals surface area contributed by atoms with Crippen molar-refractivity contribution in [2.24, 2.45) is 0 Å². The van der Waals surface area contributed by atoms with Crippen molar-refractivity contribution in [3.8, 4) is 17.6 Å². The third kappa shape index (κ3) is 5.73. The first-order valence-electron chi connectivity index (χ1n) is 10.5. The minimum atomic E-state index is 0.510. The third-order valence-corrected chi connectivity index (χ3v) is 4.87. The number of carbonyl (C=O) groups is 1. The van der Waals surface area contributed by atoms with Gasteiger partial charge in [0.25, 0.3) is 0 Å². The molecule has 150 valence electrons. The van der Waals surface area contributed by atoms with E-state index in [1.54, 1.807) is 12.1 Å². The van der Waals surface area contributed by atoms with Gasteiger partial charge in [0, 0.05) is 10.8 Å². The highest BCUT2D eigenvalue weighted by atomic mass is 16.5. The van der Waals surface area contributed by atoms with Gasteiger partial charge >= 0.3 is 0 Å². The van der Waals surface area contributed by atoms with Gasteiger partial charge in [0.05, 0.1) is 24.3 Å². The van der Waals surface area contributed by atoms with E-state index in [-0.39, 0.29) is 0 Å². The molecule has 0 aliphatic rings. The highest BCUT2D eigenvalue weighted by Gasteiger charge is 2.15. The molecule has 2 aromatic carbocycles. The molecule has 0 heterocycles. The first-order chi connectivity index (χ1) is 13.8. The lowest BCUT2D eigenvalue weighted by Gasteiger charge is -2.15. The zero-order valence-electron chi connectivity index (χ0n) is 17.1. The Labute approximate surface area is 168 Å². The van der Waals surface area contributed by atoms with Crippen LogP contribution in [0.1, 0.15) is 81.1 Å². The minimum absolute atomic E-state index is 0.510. The summed E-state index contributed by atoms with van der Waals surface area (Å²) < 4.78 is 12.0. The van der Waals surface area contributed by atoms with Gasteiger partial charge in [-0.05, 0) is 37.1 Å². The normalized spacial score (nSPS) is 10.6. The summed E-state index contributed by atoms with van der Waals surface area (Å²) in [6.07, 6.45) is 9.68. The number of carbonyl (C=O) groups excluding carboxylic acids is 1. The van der Waals surface area contributed by atoms with Gasteiger partial charge in [0.2, 0.25) is 0 Å². The summed E-state index contributed by atoms with van der Waals surface area (Å²) in [7, 11) is 0. The second-order valence-corrected chi connectivity index (χ2v) is 7.07. The molecule has 0 aliphatic carbocycles. The van der Waals surface area contributed by atoms with Crippen LogP contribution in [0.15, 0.2) is 24.3 Å². The second-order valence-electron chi connectivity index (χ2n) is 7.07. The van der Waals surface area contributed by atoms with Crippen molar-refractivity contribution in [2.75, 3.05) is 13.2 Å². The zero-order valence-corrected chi connectivity index (χ0v) is 17.1. The summed E-state index contributed by atoms with van der Waals surface area (Å²) in [6.45, 7) is 5.50. The van der Waals surface area contributed by atoms with Crippen LogP contribution in [0, 0.1) is 11.3 Å². The zero-order chi connectivity index (χ0) is 20.2. The maximum atomic E-state index is 11.5. The number of nitriles is 1. The van der Waals surface area contributed by atoms with Crippen LogP contribution < -0.4 is 9.47 Å². The Balaban J connectivity index is 2.28. The smallest absolute Gasteiger partial charge is 0.153 e. The summed E-state index contributed by atoms with van der Waals surface area (Å²) in [5, 5.41) is 11.1. The van der Waals surface area contributed by atoms with Crippen LogP contribution in [-0.2, 0) is 0 Å². The lowest BCUT2D eigenvalue weighted by molar-refractivity contribution is 0.111. The van der Waals surface area contributed by atoms with Crippen molar-refractivity contribution in [3.05, 3.63) is 35.4 Å². The maximum Gasteiger partial charge on any atom is 0.153 e. The van der Waals surface area contributed by atoms with Gasteiger partial charge in [0.15, 0.2) is 6.29 Å². The highest BCUT2D eigenvalue weighted by Crippen LogP contribution is 2.37. The first-order valence-corrected chi connectivity index (χ1v) is 10.5. The molecule has 4 nitrogen and oxygen atoms in total. The Morgan fingerprint density at radius 3 is 1.96 bits per heavy atom. The number of benzene rings is 2. The summed E-state index contributed by atoms with van der Waals surface area (Å²) in [5.74, 6) is 1.18. The van der Waals surface area contributed by atoms with Crippen LogP contribution in [0.4, 0.5) is 0 Å².